The van der Waals surface area contributed by atoms with Crippen LogP contribution in [0, 0.1) is 5.92 Å². The van der Waals surface area contributed by atoms with Gasteiger partial charge in [-0.1, -0.05) is 56.9 Å². The summed E-state index contributed by atoms with van der Waals surface area (Å²) in [5, 5.41) is 13.0. The van der Waals surface area contributed by atoms with Gasteiger partial charge in [-0.2, -0.15) is 0 Å². The Hall–Kier alpha value is -3.58. The number of nitrogens with one attached hydrogen (secondary N) is 2. The highest BCUT2D eigenvalue weighted by Crippen LogP contribution is 2.41. The van der Waals surface area contributed by atoms with Crippen molar-refractivity contribution in [3.05, 3.63) is 77.1 Å². The molecule has 2 aromatic carbocycles. The number of methoxy groups -OCH3 is 1. The number of carbonyl (C=O) groups is 2. The Morgan fingerprint density at radius 2 is 1.98 bits per heavy atom. The van der Waals surface area contributed by atoms with Crippen LogP contribution in [0.25, 0.3) is 16.6 Å². The van der Waals surface area contributed by atoms with Crippen LogP contribution in [0.15, 0.2) is 54.6 Å². The first-order valence-corrected chi connectivity index (χ1v) is 14.6. The molecule has 8 heteroatoms. The second kappa shape index (κ2) is 12.3. The molecule has 1 heterocycles. The van der Waals surface area contributed by atoms with Crippen molar-refractivity contribution in [1.29, 1.82) is 0 Å². The van der Waals surface area contributed by atoms with Crippen molar-refractivity contribution in [1.82, 2.24) is 15.3 Å². The third-order valence-electron chi connectivity index (χ3n) is 8.20. The summed E-state index contributed by atoms with van der Waals surface area (Å²) in [4.78, 5) is 34.0. The minimum atomic E-state index is -1.10. The standard InChI is InChI=1S/C32H36ClN3O4/c1-3-8-26(19-9-5-4-6-10-19)36-31(37)20-13-15-22(24(17-20)32(38)39)29-23(11-7-12-25(29)33)30-34-27-16-14-21(40-2)18-28(27)35-30/h7,11-19,25-26,29H,3-6,8-10H2,1-2H3,(H,34,35)(H,36,37)(H,38,39)/t25-,26+,29?/m0/s1. The highest BCUT2D eigenvalue weighted by atomic mass is 35.5. The predicted octanol–water partition coefficient (Wildman–Crippen LogP) is 7.09. The molecule has 2 aliphatic carbocycles. The van der Waals surface area contributed by atoms with Crippen molar-refractivity contribution in [2.24, 2.45) is 5.92 Å². The van der Waals surface area contributed by atoms with E-state index in [0.717, 1.165) is 42.3 Å². The minimum Gasteiger partial charge on any atom is -0.497 e. The fourth-order valence-corrected chi connectivity index (χ4v) is 6.50. The zero-order valence-corrected chi connectivity index (χ0v) is 23.7. The van der Waals surface area contributed by atoms with E-state index in [0.29, 0.717) is 28.6 Å². The van der Waals surface area contributed by atoms with Crippen LogP contribution in [0.5, 0.6) is 5.75 Å². The van der Waals surface area contributed by atoms with Gasteiger partial charge in [0, 0.05) is 29.2 Å². The lowest BCUT2D eigenvalue weighted by molar-refractivity contribution is 0.0695. The van der Waals surface area contributed by atoms with Gasteiger partial charge in [0.1, 0.15) is 11.6 Å². The zero-order chi connectivity index (χ0) is 28.2. The number of ether oxygens (including phenoxy) is 1. The minimum absolute atomic E-state index is 0.0620. The maximum absolute atomic E-state index is 13.4. The summed E-state index contributed by atoms with van der Waals surface area (Å²) < 4.78 is 5.33. The number of allylic oxidation sites excluding steroid dienone is 4. The molecule has 1 unspecified atom stereocenters. The molecule has 5 rings (SSSR count). The van der Waals surface area contributed by atoms with E-state index < -0.39 is 17.3 Å². The molecule has 1 saturated carbocycles. The van der Waals surface area contributed by atoms with Gasteiger partial charge < -0.3 is 20.1 Å². The van der Waals surface area contributed by atoms with Gasteiger partial charge in [-0.25, -0.2) is 9.78 Å². The summed E-state index contributed by atoms with van der Waals surface area (Å²) in [6, 6.07) is 10.6. The number of halogens is 1. The Bertz CT molecular complexity index is 1450. The highest BCUT2D eigenvalue weighted by molar-refractivity contribution is 6.23. The van der Waals surface area contributed by atoms with Gasteiger partial charge in [-0.15, -0.1) is 11.6 Å². The number of fused-ring (bicyclic) bond motifs is 1. The number of carboxylic acid groups (broad SMARTS) is 1. The molecule has 0 spiro atoms. The number of rotatable bonds is 9. The van der Waals surface area contributed by atoms with Gasteiger partial charge in [0.25, 0.3) is 5.91 Å². The molecule has 0 saturated heterocycles. The molecule has 1 aromatic heterocycles. The molecule has 7 nitrogen and oxygen atoms in total. The molecular formula is C32H36ClN3O4. The second-order valence-corrected chi connectivity index (χ2v) is 11.3. The van der Waals surface area contributed by atoms with Crippen LogP contribution >= 0.6 is 11.6 Å². The summed E-state index contributed by atoms with van der Waals surface area (Å²) in [7, 11) is 1.61. The van der Waals surface area contributed by atoms with Crippen LogP contribution in [0.2, 0.25) is 0 Å². The normalized spacial score (nSPS) is 20.2. The molecule has 1 amide bonds. The van der Waals surface area contributed by atoms with E-state index in [4.69, 9.17) is 21.3 Å². The lowest BCUT2D eigenvalue weighted by atomic mass is 9.81. The van der Waals surface area contributed by atoms with Crippen molar-refractivity contribution < 1.29 is 19.4 Å². The number of amides is 1. The fourth-order valence-electron chi connectivity index (χ4n) is 6.15. The summed E-state index contributed by atoms with van der Waals surface area (Å²) in [6.45, 7) is 2.13. The Morgan fingerprint density at radius 3 is 2.70 bits per heavy atom. The predicted molar refractivity (Wildman–Crippen MR) is 158 cm³/mol. The number of alkyl halides is 1. The van der Waals surface area contributed by atoms with Gasteiger partial charge in [-0.05, 0) is 55.0 Å². The average molecular weight is 562 g/mol. The average Bonchev–Trinajstić information content (AvgIpc) is 3.40. The SMILES string of the molecule is CCC[C@@H](NC(=O)c1ccc(C2C(c3nc4cc(OC)ccc4[nH]3)=CC=C[C@@H]2Cl)c(C(=O)O)c1)C1CCCCC1. The number of hydrogen-bond donors (Lipinski definition) is 3. The summed E-state index contributed by atoms with van der Waals surface area (Å²) in [6.07, 6.45) is 13.4. The van der Waals surface area contributed by atoms with Gasteiger partial charge in [0.15, 0.2) is 0 Å². The number of H-pyrrole nitrogens is 1. The van der Waals surface area contributed by atoms with Gasteiger partial charge in [0.2, 0.25) is 0 Å². The zero-order valence-electron chi connectivity index (χ0n) is 23.0. The molecule has 210 valence electrons. The number of nitrogens with zero attached hydrogens (tertiary/aromatic N) is 1. The van der Waals surface area contributed by atoms with E-state index in [1.54, 1.807) is 19.2 Å². The number of carboxylic acids is 1. The topological polar surface area (TPSA) is 104 Å². The number of imidazole rings is 1. The van der Waals surface area contributed by atoms with Crippen molar-refractivity contribution in [2.75, 3.05) is 7.11 Å². The maximum Gasteiger partial charge on any atom is 0.336 e. The largest absolute Gasteiger partial charge is 0.497 e. The van der Waals surface area contributed by atoms with E-state index in [2.05, 4.69) is 17.2 Å². The Labute approximate surface area is 239 Å². The van der Waals surface area contributed by atoms with Crippen LogP contribution in [-0.2, 0) is 0 Å². The fraction of sp³-hybridized carbons (Fsp3) is 0.406. The lowest BCUT2D eigenvalue weighted by Gasteiger charge is -2.31. The monoisotopic (exact) mass is 561 g/mol. The first-order chi connectivity index (χ1) is 19.4. The molecule has 0 bridgehead atoms. The second-order valence-electron chi connectivity index (χ2n) is 10.8. The number of aromatic carboxylic acids is 1. The van der Waals surface area contributed by atoms with E-state index in [9.17, 15) is 14.7 Å². The van der Waals surface area contributed by atoms with E-state index in [-0.39, 0.29) is 17.5 Å². The summed E-state index contributed by atoms with van der Waals surface area (Å²) >= 11 is 6.82. The van der Waals surface area contributed by atoms with Gasteiger partial charge >= 0.3 is 5.97 Å². The Balaban J connectivity index is 1.46. The maximum atomic E-state index is 13.4. The molecule has 0 radical (unpaired) electrons. The number of aromatic nitrogens is 2. The van der Waals surface area contributed by atoms with E-state index in [1.807, 2.05) is 36.4 Å². The van der Waals surface area contributed by atoms with E-state index >= 15 is 0 Å². The molecule has 3 N–H and O–H groups in total. The first kappa shape index (κ1) is 28.0. The third-order valence-corrected chi connectivity index (χ3v) is 8.60. The van der Waals surface area contributed by atoms with E-state index in [1.165, 1.54) is 25.3 Å². The Morgan fingerprint density at radius 1 is 1.18 bits per heavy atom. The molecule has 40 heavy (non-hydrogen) atoms. The summed E-state index contributed by atoms with van der Waals surface area (Å²) in [5.74, 6) is -0.0381. The lowest BCUT2D eigenvalue weighted by Crippen LogP contribution is -2.41. The molecule has 1 fully saturated rings. The molecule has 3 atom stereocenters. The van der Waals surface area contributed by atoms with Crippen molar-refractivity contribution in [3.8, 4) is 5.75 Å². The van der Waals surface area contributed by atoms with Crippen molar-refractivity contribution in [2.45, 2.75) is 69.2 Å². The number of benzene rings is 2. The molecule has 3 aromatic rings. The Kier molecular flexibility index (Phi) is 8.60. The van der Waals surface area contributed by atoms with Gasteiger partial charge in [0.05, 0.1) is 29.1 Å². The van der Waals surface area contributed by atoms with Crippen molar-refractivity contribution >= 4 is 40.1 Å². The number of hydrogen-bond acceptors (Lipinski definition) is 4. The van der Waals surface area contributed by atoms with Crippen LogP contribution in [0.4, 0.5) is 0 Å². The smallest absolute Gasteiger partial charge is 0.336 e. The van der Waals surface area contributed by atoms with Gasteiger partial charge in [-0.3, -0.25) is 4.79 Å². The number of carbonyl (C=O) groups excluding carboxylic acids is 1. The first-order valence-electron chi connectivity index (χ1n) is 14.1. The van der Waals surface area contributed by atoms with Crippen molar-refractivity contribution in [3.63, 3.8) is 0 Å². The van der Waals surface area contributed by atoms with Crippen LogP contribution in [0.3, 0.4) is 0 Å². The quantitative estimate of drug-likeness (QED) is 0.242. The van der Waals surface area contributed by atoms with Crippen LogP contribution in [0.1, 0.15) is 89.9 Å². The third kappa shape index (κ3) is 5.80. The van der Waals surface area contributed by atoms with Crippen LogP contribution in [-0.4, -0.2) is 45.5 Å². The molecule has 2 aliphatic rings. The number of aromatic amines is 1. The van der Waals surface area contributed by atoms with Crippen LogP contribution < -0.4 is 10.1 Å². The molecule has 0 aliphatic heterocycles. The molecular weight excluding hydrogens is 526 g/mol. The highest BCUT2D eigenvalue weighted by Gasteiger charge is 2.32. The summed E-state index contributed by atoms with van der Waals surface area (Å²) in [5.41, 5.74) is 3.29.